The van der Waals surface area contributed by atoms with E-state index in [1.165, 1.54) is 6.92 Å². The van der Waals surface area contributed by atoms with Gasteiger partial charge in [-0.15, -0.1) is 0 Å². The summed E-state index contributed by atoms with van der Waals surface area (Å²) in [7, 11) is 0. The maximum Gasteiger partial charge on any atom is 0.248 e. The summed E-state index contributed by atoms with van der Waals surface area (Å²) in [6, 6.07) is 0. The predicted octanol–water partition coefficient (Wildman–Crippen LogP) is 5.34. The third-order valence-corrected chi connectivity index (χ3v) is 4.78. The van der Waals surface area contributed by atoms with Gasteiger partial charge in [0.15, 0.2) is 0 Å². The summed E-state index contributed by atoms with van der Waals surface area (Å²) in [6.45, 7) is 5.38. The van der Waals surface area contributed by atoms with Crippen LogP contribution in [0.1, 0.15) is 85.0 Å². The lowest BCUT2D eigenvalue weighted by Gasteiger charge is -2.23. The Kier molecular flexibility index (Phi) is 7.14. The summed E-state index contributed by atoms with van der Waals surface area (Å²) in [5.41, 5.74) is 0.269. The molecule has 4 heteroatoms. The zero-order valence-corrected chi connectivity index (χ0v) is 14.2. The summed E-state index contributed by atoms with van der Waals surface area (Å²) >= 11 is 0. The molecule has 0 aliphatic heterocycles. The number of carbonyl (C=O) groups excluding carboxylic acids is 2. The summed E-state index contributed by atoms with van der Waals surface area (Å²) in [4.78, 5) is 23.4. The van der Waals surface area contributed by atoms with E-state index in [0.717, 1.165) is 19.3 Å². The van der Waals surface area contributed by atoms with Gasteiger partial charge < -0.3 is 4.79 Å². The van der Waals surface area contributed by atoms with Crippen LogP contribution in [0.2, 0.25) is 0 Å². The molecule has 1 fully saturated rings. The number of halogens is 2. The first-order valence-corrected chi connectivity index (χ1v) is 8.57. The molecule has 1 aliphatic rings. The van der Waals surface area contributed by atoms with Gasteiger partial charge in [0.25, 0.3) is 0 Å². The van der Waals surface area contributed by atoms with Gasteiger partial charge >= 0.3 is 0 Å². The van der Waals surface area contributed by atoms with E-state index in [9.17, 15) is 18.4 Å². The smallest absolute Gasteiger partial charge is 0.248 e. The van der Waals surface area contributed by atoms with E-state index in [-0.39, 0.29) is 29.8 Å². The molecule has 0 aromatic carbocycles. The van der Waals surface area contributed by atoms with Crippen molar-refractivity contribution in [2.45, 2.75) is 90.9 Å². The minimum atomic E-state index is -2.77. The molecule has 0 spiro atoms. The Morgan fingerprint density at radius 2 is 1.86 bits per heavy atom. The van der Waals surface area contributed by atoms with E-state index in [1.807, 2.05) is 0 Å². The summed E-state index contributed by atoms with van der Waals surface area (Å²) in [5.74, 6) is -3.35. The average molecular weight is 316 g/mol. The minimum absolute atomic E-state index is 0.0348. The first-order valence-electron chi connectivity index (χ1n) is 8.57. The van der Waals surface area contributed by atoms with Crippen molar-refractivity contribution in [3.8, 4) is 0 Å². The molecule has 0 N–H and O–H groups in total. The van der Waals surface area contributed by atoms with Crippen LogP contribution in [0.3, 0.4) is 0 Å². The van der Waals surface area contributed by atoms with E-state index in [1.54, 1.807) is 6.92 Å². The van der Waals surface area contributed by atoms with Crippen LogP contribution < -0.4 is 0 Å². The van der Waals surface area contributed by atoms with Crippen molar-refractivity contribution >= 4 is 11.6 Å². The summed E-state index contributed by atoms with van der Waals surface area (Å²) in [6.07, 6.45) is 4.72. The zero-order valence-electron chi connectivity index (χ0n) is 14.2. The van der Waals surface area contributed by atoms with Gasteiger partial charge in [-0.3, -0.25) is 4.79 Å². The van der Waals surface area contributed by atoms with Crippen molar-refractivity contribution in [1.82, 2.24) is 0 Å². The maximum absolute atomic E-state index is 13.9. The molecule has 0 heterocycles. The number of carbonyl (C=O) groups is 2. The second-order valence-corrected chi connectivity index (χ2v) is 7.38. The second-order valence-electron chi connectivity index (χ2n) is 7.38. The van der Waals surface area contributed by atoms with E-state index in [0.29, 0.717) is 32.1 Å². The largest absolute Gasteiger partial charge is 0.300 e. The molecule has 1 atom stereocenters. The van der Waals surface area contributed by atoms with Gasteiger partial charge in [-0.05, 0) is 44.4 Å². The first kappa shape index (κ1) is 19.2. The zero-order chi connectivity index (χ0) is 16.8. The predicted molar refractivity (Wildman–Crippen MR) is 84.1 cm³/mol. The van der Waals surface area contributed by atoms with E-state index in [2.05, 4.69) is 6.92 Å². The van der Waals surface area contributed by atoms with Crippen LogP contribution in [0.5, 0.6) is 0 Å². The number of ketones is 2. The highest BCUT2D eigenvalue weighted by atomic mass is 19.3. The average Bonchev–Trinajstić information content (AvgIpc) is 3.12. The van der Waals surface area contributed by atoms with E-state index in [4.69, 9.17) is 0 Å². The van der Waals surface area contributed by atoms with Crippen molar-refractivity contribution in [3.05, 3.63) is 0 Å². The molecule has 0 bridgehead atoms. The maximum atomic E-state index is 13.9. The van der Waals surface area contributed by atoms with Crippen LogP contribution in [-0.4, -0.2) is 17.5 Å². The lowest BCUT2D eigenvalue weighted by molar-refractivity contribution is -0.128. The Hall–Kier alpha value is -0.800. The Bertz CT molecular complexity index is 387. The number of alkyl halides is 2. The molecule has 22 heavy (non-hydrogen) atoms. The van der Waals surface area contributed by atoms with Crippen LogP contribution in [0.15, 0.2) is 0 Å². The van der Waals surface area contributed by atoms with Gasteiger partial charge in [0.1, 0.15) is 11.6 Å². The highest BCUT2D eigenvalue weighted by Gasteiger charge is 2.39. The van der Waals surface area contributed by atoms with E-state index < -0.39 is 11.8 Å². The molecule has 0 radical (unpaired) electrons. The van der Waals surface area contributed by atoms with E-state index >= 15 is 0 Å². The molecule has 0 aromatic rings. The second kappa shape index (κ2) is 8.16. The Morgan fingerprint density at radius 1 is 1.23 bits per heavy atom. The molecule has 1 saturated carbocycles. The van der Waals surface area contributed by atoms with Gasteiger partial charge in [-0.2, -0.15) is 0 Å². The van der Waals surface area contributed by atoms with Crippen molar-refractivity contribution in [1.29, 1.82) is 0 Å². The van der Waals surface area contributed by atoms with Crippen molar-refractivity contribution in [3.63, 3.8) is 0 Å². The van der Waals surface area contributed by atoms with Crippen molar-refractivity contribution in [2.24, 2.45) is 11.3 Å². The van der Waals surface area contributed by atoms with Crippen molar-refractivity contribution < 1.29 is 18.4 Å². The molecule has 1 rings (SSSR count). The highest BCUT2D eigenvalue weighted by molar-refractivity contribution is 5.81. The first-order chi connectivity index (χ1) is 10.2. The fraction of sp³-hybridized carbons (Fsp3) is 0.889. The quantitative estimate of drug-likeness (QED) is 0.487. The van der Waals surface area contributed by atoms with Crippen LogP contribution in [0.4, 0.5) is 8.78 Å². The van der Waals surface area contributed by atoms with Crippen LogP contribution in [0, 0.1) is 11.3 Å². The fourth-order valence-electron chi connectivity index (χ4n) is 2.90. The number of Topliss-reactive ketones (excluding diaryl/α,β-unsaturated/α-hetero) is 2. The molecular weight excluding hydrogens is 286 g/mol. The Morgan fingerprint density at radius 3 is 2.36 bits per heavy atom. The van der Waals surface area contributed by atoms with Gasteiger partial charge in [-0.1, -0.05) is 20.3 Å². The monoisotopic (exact) mass is 316 g/mol. The lowest BCUT2D eigenvalue weighted by atomic mass is 9.86. The van der Waals surface area contributed by atoms with Gasteiger partial charge in [0.2, 0.25) is 5.92 Å². The normalized spacial score (nSPS) is 18.0. The van der Waals surface area contributed by atoms with Gasteiger partial charge in [0.05, 0.1) is 0 Å². The summed E-state index contributed by atoms with van der Waals surface area (Å²) < 4.78 is 27.8. The molecule has 1 aliphatic carbocycles. The van der Waals surface area contributed by atoms with Gasteiger partial charge in [0, 0.05) is 31.6 Å². The fourth-order valence-corrected chi connectivity index (χ4v) is 2.90. The molecule has 0 saturated heterocycles. The lowest BCUT2D eigenvalue weighted by Crippen LogP contribution is -2.26. The molecular formula is C18H30F2O2. The third kappa shape index (κ3) is 7.46. The summed E-state index contributed by atoms with van der Waals surface area (Å²) in [5, 5.41) is 0. The number of hydrogen-bond acceptors (Lipinski definition) is 2. The van der Waals surface area contributed by atoms with Gasteiger partial charge in [-0.25, -0.2) is 8.78 Å². The minimum Gasteiger partial charge on any atom is -0.300 e. The highest BCUT2D eigenvalue weighted by Crippen LogP contribution is 2.49. The molecule has 0 aromatic heterocycles. The number of rotatable bonds is 12. The van der Waals surface area contributed by atoms with Crippen LogP contribution in [-0.2, 0) is 9.59 Å². The Labute approximate surface area is 133 Å². The standard InChI is InChI=1S/C18H30F2O2/c1-4-9-18(19,20)13-15(7-5-6-14(2)21)16(22)8-10-17(3)11-12-17/h15H,4-13H2,1-3H3. The topological polar surface area (TPSA) is 34.1 Å². The van der Waals surface area contributed by atoms with Crippen LogP contribution >= 0.6 is 0 Å². The molecule has 128 valence electrons. The third-order valence-electron chi connectivity index (χ3n) is 4.78. The molecule has 2 nitrogen and oxygen atoms in total. The van der Waals surface area contributed by atoms with Crippen molar-refractivity contribution in [2.75, 3.05) is 0 Å². The van der Waals surface area contributed by atoms with Crippen LogP contribution in [0.25, 0.3) is 0 Å². The Balaban J connectivity index is 2.54. The molecule has 0 amide bonds. The SMILES string of the molecule is CCCC(F)(F)CC(CCCC(C)=O)C(=O)CCC1(C)CC1. The molecule has 1 unspecified atom stereocenters. The number of hydrogen-bond donors (Lipinski definition) is 0.